The molecule has 31 heavy (non-hydrogen) atoms. The van der Waals surface area contributed by atoms with Gasteiger partial charge < -0.3 is 24.8 Å². The van der Waals surface area contributed by atoms with Crippen LogP contribution in [0, 0.1) is 0 Å². The van der Waals surface area contributed by atoms with Gasteiger partial charge >= 0.3 is 0 Å². The van der Waals surface area contributed by atoms with Crippen LogP contribution in [0.1, 0.15) is 24.2 Å². The monoisotopic (exact) mass is 436 g/mol. The molecule has 0 fully saturated rings. The first-order valence-electron chi connectivity index (χ1n) is 9.93. The number of hydrogen-bond acceptors (Lipinski definition) is 5. The molecule has 0 saturated carbocycles. The van der Waals surface area contributed by atoms with E-state index >= 15 is 0 Å². The van der Waals surface area contributed by atoms with Crippen molar-refractivity contribution < 1.29 is 19.0 Å². The predicted octanol–water partition coefficient (Wildman–Crippen LogP) is 5.51. The first kappa shape index (κ1) is 22.1. The Morgan fingerprint density at radius 3 is 1.87 bits per heavy atom. The molecule has 0 atom stereocenters. The van der Waals surface area contributed by atoms with Crippen molar-refractivity contribution in [2.75, 3.05) is 23.8 Å². The van der Waals surface area contributed by atoms with E-state index in [9.17, 15) is 4.79 Å². The molecule has 0 radical (unpaired) electrons. The average molecular weight is 437 g/mol. The molecule has 0 aliphatic rings. The van der Waals surface area contributed by atoms with Crippen LogP contribution in [0.5, 0.6) is 17.2 Å². The van der Waals surface area contributed by atoms with Gasteiger partial charge in [-0.15, -0.1) is 0 Å². The van der Waals surface area contributed by atoms with Gasteiger partial charge in [0.25, 0.3) is 11.1 Å². The van der Waals surface area contributed by atoms with Crippen LogP contribution in [0.15, 0.2) is 72.8 Å². The highest BCUT2D eigenvalue weighted by Gasteiger charge is 2.09. The third-order valence-electron chi connectivity index (χ3n) is 4.14. The van der Waals surface area contributed by atoms with Gasteiger partial charge in [0, 0.05) is 16.9 Å². The van der Waals surface area contributed by atoms with Crippen LogP contribution in [0.3, 0.4) is 0 Å². The lowest BCUT2D eigenvalue weighted by Crippen LogP contribution is -2.17. The summed E-state index contributed by atoms with van der Waals surface area (Å²) in [6, 6.07) is 21.4. The minimum Gasteiger partial charge on any atom is -0.494 e. The summed E-state index contributed by atoms with van der Waals surface area (Å²) in [5.74, 6) is 1.75. The van der Waals surface area contributed by atoms with E-state index < -0.39 is 0 Å². The van der Waals surface area contributed by atoms with Crippen molar-refractivity contribution in [3.05, 3.63) is 78.4 Å². The van der Waals surface area contributed by atoms with Crippen molar-refractivity contribution in [1.82, 2.24) is 0 Å². The largest absolute Gasteiger partial charge is 0.494 e. The normalized spacial score (nSPS) is 10.1. The fraction of sp³-hybridized carbons (Fsp3) is 0.167. The summed E-state index contributed by atoms with van der Waals surface area (Å²) in [4.78, 5) is 12.6. The molecule has 0 saturated heterocycles. The Morgan fingerprint density at radius 1 is 0.774 bits per heavy atom. The number of rotatable bonds is 8. The molecule has 7 heteroatoms. The van der Waals surface area contributed by atoms with Gasteiger partial charge in [-0.25, -0.2) is 0 Å². The lowest BCUT2D eigenvalue weighted by molar-refractivity contribution is 0.102. The summed E-state index contributed by atoms with van der Waals surface area (Å²) >= 11 is 5.27. The van der Waals surface area contributed by atoms with Crippen molar-refractivity contribution >= 4 is 34.7 Å². The van der Waals surface area contributed by atoms with Crippen LogP contribution in [-0.4, -0.2) is 24.3 Å². The Hall–Kier alpha value is -3.58. The highest BCUT2D eigenvalue weighted by Crippen LogP contribution is 2.20. The summed E-state index contributed by atoms with van der Waals surface area (Å²) < 4.78 is 16.5. The maximum Gasteiger partial charge on any atom is 0.266 e. The first-order valence-corrected chi connectivity index (χ1v) is 10.3. The number of hydrogen-bond donors (Lipinski definition) is 2. The molecule has 6 nitrogen and oxygen atoms in total. The number of amides is 1. The van der Waals surface area contributed by atoms with Crippen LogP contribution in [-0.2, 0) is 0 Å². The fourth-order valence-corrected chi connectivity index (χ4v) is 2.97. The van der Waals surface area contributed by atoms with Crippen molar-refractivity contribution in [3.63, 3.8) is 0 Å². The Balaban J connectivity index is 1.58. The van der Waals surface area contributed by atoms with Gasteiger partial charge in [0.2, 0.25) is 0 Å². The highest BCUT2D eigenvalue weighted by molar-refractivity contribution is 7.80. The number of carbonyl (C=O) groups is 1. The predicted molar refractivity (Wildman–Crippen MR) is 126 cm³/mol. The number of benzene rings is 3. The number of carbonyl (C=O) groups excluding carboxylic acids is 1. The Labute approximate surface area is 187 Å². The molecule has 3 aromatic carbocycles. The van der Waals surface area contributed by atoms with Gasteiger partial charge in [0.1, 0.15) is 17.2 Å². The van der Waals surface area contributed by atoms with E-state index in [0.717, 1.165) is 17.2 Å². The summed E-state index contributed by atoms with van der Waals surface area (Å²) in [6.07, 6.45) is 0. The average Bonchev–Trinajstić information content (AvgIpc) is 2.77. The molecule has 0 unspecified atom stereocenters. The number of thiocarbonyl (C=S) groups is 1. The molecule has 160 valence electrons. The van der Waals surface area contributed by atoms with Crippen LogP contribution in [0.4, 0.5) is 11.4 Å². The smallest absolute Gasteiger partial charge is 0.266 e. The summed E-state index contributed by atoms with van der Waals surface area (Å²) in [6.45, 7) is 5.05. The van der Waals surface area contributed by atoms with Crippen LogP contribution in [0.25, 0.3) is 0 Å². The second kappa shape index (κ2) is 11.0. The lowest BCUT2D eigenvalue weighted by Gasteiger charge is -2.11. The molecule has 1 amide bonds. The van der Waals surface area contributed by atoms with Gasteiger partial charge in [-0.3, -0.25) is 4.79 Å². The Morgan fingerprint density at radius 2 is 1.32 bits per heavy atom. The summed E-state index contributed by atoms with van der Waals surface area (Å²) in [7, 11) is 0. The topological polar surface area (TPSA) is 68.8 Å². The molecule has 2 N–H and O–H groups in total. The quantitative estimate of drug-likeness (QED) is 0.454. The highest BCUT2D eigenvalue weighted by atomic mass is 32.1. The zero-order valence-corrected chi connectivity index (χ0v) is 18.2. The lowest BCUT2D eigenvalue weighted by atomic mass is 10.2. The van der Waals surface area contributed by atoms with Gasteiger partial charge in [-0.1, -0.05) is 6.07 Å². The van der Waals surface area contributed by atoms with E-state index in [0.29, 0.717) is 30.2 Å². The Kier molecular flexibility index (Phi) is 7.84. The van der Waals surface area contributed by atoms with E-state index in [1.54, 1.807) is 36.4 Å². The number of ether oxygens (including phenoxy) is 3. The molecule has 0 aliphatic carbocycles. The van der Waals surface area contributed by atoms with Crippen molar-refractivity contribution in [1.29, 1.82) is 0 Å². The molecular weight excluding hydrogens is 412 g/mol. The molecule has 0 bridgehead atoms. The third kappa shape index (κ3) is 6.72. The second-order valence-electron chi connectivity index (χ2n) is 6.41. The van der Waals surface area contributed by atoms with Crippen LogP contribution >= 0.6 is 12.2 Å². The molecule has 0 spiro atoms. The zero-order valence-electron chi connectivity index (χ0n) is 17.4. The van der Waals surface area contributed by atoms with Gasteiger partial charge in [-0.2, -0.15) is 0 Å². The molecule has 3 aromatic rings. The standard InChI is InChI=1S/C24H24N2O4S/c1-3-28-20-12-8-18(9-13-20)25-23(27)17-6-5-7-22(16-17)30-24(31)26-19-10-14-21(15-11-19)29-4-2/h5-16H,3-4H2,1-2H3,(H,25,27)(H,26,31). The number of nitrogens with one attached hydrogen (secondary N) is 2. The molecule has 0 heterocycles. The van der Waals surface area contributed by atoms with Gasteiger partial charge in [0.15, 0.2) is 0 Å². The van der Waals surface area contributed by atoms with E-state index in [4.69, 9.17) is 26.4 Å². The van der Waals surface area contributed by atoms with Crippen LogP contribution in [0.2, 0.25) is 0 Å². The van der Waals surface area contributed by atoms with E-state index in [-0.39, 0.29) is 11.1 Å². The van der Waals surface area contributed by atoms with Crippen molar-refractivity contribution in [2.24, 2.45) is 0 Å². The minimum atomic E-state index is -0.250. The fourth-order valence-electron chi connectivity index (χ4n) is 2.76. The maximum absolute atomic E-state index is 12.6. The van der Waals surface area contributed by atoms with Gasteiger partial charge in [0.05, 0.1) is 13.2 Å². The third-order valence-corrected chi connectivity index (χ3v) is 4.33. The SMILES string of the molecule is CCOc1ccc(NC(=O)c2cccc(OC(=S)Nc3ccc(OCC)cc3)c2)cc1. The molecule has 0 aromatic heterocycles. The molecule has 3 rings (SSSR count). The summed E-state index contributed by atoms with van der Waals surface area (Å²) in [5.41, 5.74) is 1.90. The maximum atomic E-state index is 12.6. The van der Waals surface area contributed by atoms with E-state index in [1.807, 2.05) is 50.2 Å². The second-order valence-corrected chi connectivity index (χ2v) is 6.78. The van der Waals surface area contributed by atoms with Crippen molar-refractivity contribution in [2.45, 2.75) is 13.8 Å². The summed E-state index contributed by atoms with van der Waals surface area (Å²) in [5, 5.41) is 6.03. The first-order chi connectivity index (χ1) is 15.1. The minimum absolute atomic E-state index is 0.174. The Bertz CT molecular complexity index is 1020. The molecular formula is C24H24N2O4S. The zero-order chi connectivity index (χ0) is 22.1. The van der Waals surface area contributed by atoms with Crippen molar-refractivity contribution in [3.8, 4) is 17.2 Å². The van der Waals surface area contributed by atoms with E-state index in [1.165, 1.54) is 0 Å². The molecule has 0 aliphatic heterocycles. The van der Waals surface area contributed by atoms with Crippen LogP contribution < -0.4 is 24.8 Å². The number of anilines is 2. The van der Waals surface area contributed by atoms with E-state index in [2.05, 4.69) is 10.6 Å². The van der Waals surface area contributed by atoms with Gasteiger partial charge in [-0.05, 0) is 92.8 Å².